The van der Waals surface area contributed by atoms with Crippen molar-refractivity contribution in [3.05, 3.63) is 23.8 Å². The monoisotopic (exact) mass is 260 g/mol. The number of likely N-dealkylation sites (tertiary alicyclic amines) is 1. The molecule has 1 saturated heterocycles. The van der Waals surface area contributed by atoms with E-state index in [0.717, 1.165) is 31.4 Å². The molecule has 0 radical (unpaired) electrons. The van der Waals surface area contributed by atoms with E-state index in [2.05, 4.69) is 15.4 Å². The van der Waals surface area contributed by atoms with Crippen LogP contribution in [-0.2, 0) is 0 Å². The average molecular weight is 260 g/mol. The highest BCUT2D eigenvalue weighted by Crippen LogP contribution is 2.22. The van der Waals surface area contributed by atoms with Crippen molar-refractivity contribution in [2.75, 3.05) is 19.7 Å². The van der Waals surface area contributed by atoms with E-state index in [0.29, 0.717) is 17.0 Å². The van der Waals surface area contributed by atoms with Gasteiger partial charge in [0.1, 0.15) is 11.0 Å². The molecule has 1 aromatic heterocycles. The quantitative estimate of drug-likeness (QED) is 0.855. The number of aromatic nitrogens is 3. The molecule has 2 aromatic rings. The third-order valence-electron chi connectivity index (χ3n) is 3.67. The van der Waals surface area contributed by atoms with Crippen molar-refractivity contribution in [2.24, 2.45) is 5.92 Å². The molecule has 1 unspecified atom stereocenters. The maximum atomic E-state index is 12.4. The number of amides is 1. The number of carbonyl (C=O) groups excluding carboxylic acids is 1. The number of aliphatic hydroxyl groups is 1. The third-order valence-corrected chi connectivity index (χ3v) is 3.67. The molecule has 6 heteroatoms. The Morgan fingerprint density at radius 1 is 1.42 bits per heavy atom. The van der Waals surface area contributed by atoms with Gasteiger partial charge in [0.15, 0.2) is 0 Å². The van der Waals surface area contributed by atoms with Gasteiger partial charge >= 0.3 is 0 Å². The first kappa shape index (κ1) is 12.1. The van der Waals surface area contributed by atoms with E-state index >= 15 is 0 Å². The second kappa shape index (κ2) is 4.97. The van der Waals surface area contributed by atoms with Crippen LogP contribution in [0.1, 0.15) is 23.2 Å². The largest absolute Gasteiger partial charge is 0.396 e. The molecule has 0 aliphatic carbocycles. The zero-order valence-corrected chi connectivity index (χ0v) is 10.5. The van der Waals surface area contributed by atoms with E-state index < -0.39 is 0 Å². The molecule has 1 atom stereocenters. The molecule has 1 aliphatic heterocycles. The highest BCUT2D eigenvalue weighted by atomic mass is 16.3. The van der Waals surface area contributed by atoms with Crippen LogP contribution in [0.5, 0.6) is 0 Å². The standard InChI is InChI=1S/C13H16N4O2/c18-6-4-9-3-5-17(8-9)13(19)10-1-2-11-12(7-10)15-16-14-11/h1-2,7,9,18H,3-6,8H2,(H,14,15,16). The zero-order chi connectivity index (χ0) is 13.2. The van der Waals surface area contributed by atoms with Crippen LogP contribution < -0.4 is 0 Å². The van der Waals surface area contributed by atoms with E-state index in [1.165, 1.54) is 0 Å². The van der Waals surface area contributed by atoms with Crippen molar-refractivity contribution in [1.82, 2.24) is 20.3 Å². The molecule has 2 heterocycles. The van der Waals surface area contributed by atoms with Crippen LogP contribution in [0, 0.1) is 5.92 Å². The van der Waals surface area contributed by atoms with Crippen molar-refractivity contribution in [1.29, 1.82) is 0 Å². The zero-order valence-electron chi connectivity index (χ0n) is 10.5. The van der Waals surface area contributed by atoms with Gasteiger partial charge in [-0.1, -0.05) is 0 Å². The van der Waals surface area contributed by atoms with E-state index in [1.54, 1.807) is 18.2 Å². The van der Waals surface area contributed by atoms with Gasteiger partial charge in [0.25, 0.3) is 5.91 Å². The summed E-state index contributed by atoms with van der Waals surface area (Å²) in [5.74, 6) is 0.454. The van der Waals surface area contributed by atoms with Crippen LogP contribution in [-0.4, -0.2) is 51.0 Å². The van der Waals surface area contributed by atoms with Gasteiger partial charge in [0, 0.05) is 25.3 Å². The Bertz CT molecular complexity index is 595. The van der Waals surface area contributed by atoms with Crippen molar-refractivity contribution < 1.29 is 9.90 Å². The highest BCUT2D eigenvalue weighted by molar-refractivity contribution is 5.97. The summed E-state index contributed by atoms with van der Waals surface area (Å²) < 4.78 is 0. The Labute approximate surface area is 110 Å². The molecule has 19 heavy (non-hydrogen) atoms. The van der Waals surface area contributed by atoms with Crippen LogP contribution in [0.4, 0.5) is 0 Å². The van der Waals surface area contributed by atoms with Gasteiger partial charge < -0.3 is 10.0 Å². The fraction of sp³-hybridized carbons (Fsp3) is 0.462. The number of aliphatic hydroxyl groups excluding tert-OH is 1. The number of rotatable bonds is 3. The van der Waals surface area contributed by atoms with E-state index in [-0.39, 0.29) is 12.5 Å². The molecule has 1 amide bonds. The molecular formula is C13H16N4O2. The Morgan fingerprint density at radius 2 is 2.26 bits per heavy atom. The minimum Gasteiger partial charge on any atom is -0.396 e. The Morgan fingerprint density at radius 3 is 3.11 bits per heavy atom. The minimum atomic E-state index is 0.0327. The molecular weight excluding hydrogens is 244 g/mol. The number of benzene rings is 1. The Hall–Kier alpha value is -1.95. The van der Waals surface area contributed by atoms with Crippen molar-refractivity contribution in [3.8, 4) is 0 Å². The van der Waals surface area contributed by atoms with Crippen molar-refractivity contribution >= 4 is 16.9 Å². The first-order valence-electron chi connectivity index (χ1n) is 6.48. The number of nitrogens with zero attached hydrogens (tertiary/aromatic N) is 3. The van der Waals surface area contributed by atoms with Crippen molar-refractivity contribution in [2.45, 2.75) is 12.8 Å². The lowest BCUT2D eigenvalue weighted by Crippen LogP contribution is -2.28. The average Bonchev–Trinajstić information content (AvgIpc) is 3.05. The SMILES string of the molecule is O=C(c1ccc2n[nH]nc2c1)N1CCC(CCO)C1. The van der Waals surface area contributed by atoms with Gasteiger partial charge in [0.2, 0.25) is 0 Å². The summed E-state index contributed by atoms with van der Waals surface area (Å²) in [7, 11) is 0. The first-order chi connectivity index (χ1) is 9.28. The summed E-state index contributed by atoms with van der Waals surface area (Å²) in [5.41, 5.74) is 2.11. The number of H-pyrrole nitrogens is 1. The highest BCUT2D eigenvalue weighted by Gasteiger charge is 2.26. The summed E-state index contributed by atoms with van der Waals surface area (Å²) in [6.07, 6.45) is 1.74. The summed E-state index contributed by atoms with van der Waals surface area (Å²) in [6.45, 7) is 1.69. The van der Waals surface area contributed by atoms with Gasteiger partial charge in [-0.25, -0.2) is 0 Å². The molecule has 1 fully saturated rings. The number of carbonyl (C=O) groups is 1. The number of fused-ring (bicyclic) bond motifs is 1. The number of hydrogen-bond donors (Lipinski definition) is 2. The van der Waals surface area contributed by atoms with E-state index in [9.17, 15) is 4.79 Å². The molecule has 100 valence electrons. The van der Waals surface area contributed by atoms with Crippen LogP contribution in [0.3, 0.4) is 0 Å². The summed E-state index contributed by atoms with van der Waals surface area (Å²) in [5, 5.41) is 19.4. The lowest BCUT2D eigenvalue weighted by atomic mass is 10.1. The molecule has 6 nitrogen and oxygen atoms in total. The van der Waals surface area contributed by atoms with E-state index in [4.69, 9.17) is 5.11 Å². The predicted molar refractivity (Wildman–Crippen MR) is 69.6 cm³/mol. The predicted octanol–water partition coefficient (Wildman–Crippen LogP) is 0.802. The molecule has 1 aliphatic rings. The Kier molecular flexibility index (Phi) is 3.16. The molecule has 0 saturated carbocycles. The van der Waals surface area contributed by atoms with Crippen LogP contribution in [0.25, 0.3) is 11.0 Å². The lowest BCUT2D eigenvalue weighted by molar-refractivity contribution is 0.0785. The number of aromatic amines is 1. The molecule has 3 rings (SSSR count). The molecule has 0 spiro atoms. The van der Waals surface area contributed by atoms with E-state index in [1.807, 2.05) is 4.90 Å². The summed E-state index contributed by atoms with van der Waals surface area (Å²) in [6, 6.07) is 5.35. The maximum Gasteiger partial charge on any atom is 0.253 e. The van der Waals surface area contributed by atoms with Gasteiger partial charge in [-0.2, -0.15) is 15.4 Å². The topological polar surface area (TPSA) is 82.1 Å². The maximum absolute atomic E-state index is 12.4. The van der Waals surface area contributed by atoms with Crippen LogP contribution >= 0.6 is 0 Å². The van der Waals surface area contributed by atoms with Crippen LogP contribution in [0.2, 0.25) is 0 Å². The van der Waals surface area contributed by atoms with Crippen molar-refractivity contribution in [3.63, 3.8) is 0 Å². The van der Waals surface area contributed by atoms with Gasteiger partial charge in [-0.15, -0.1) is 0 Å². The summed E-state index contributed by atoms with van der Waals surface area (Å²) >= 11 is 0. The minimum absolute atomic E-state index is 0.0327. The third kappa shape index (κ3) is 2.31. The second-order valence-electron chi connectivity index (χ2n) is 4.95. The smallest absolute Gasteiger partial charge is 0.253 e. The molecule has 0 bridgehead atoms. The summed E-state index contributed by atoms with van der Waals surface area (Å²) in [4.78, 5) is 14.2. The second-order valence-corrected chi connectivity index (χ2v) is 4.95. The van der Waals surface area contributed by atoms with Crippen LogP contribution in [0.15, 0.2) is 18.2 Å². The molecule has 2 N–H and O–H groups in total. The normalized spacial score (nSPS) is 19.2. The fourth-order valence-corrected chi connectivity index (χ4v) is 2.59. The van der Waals surface area contributed by atoms with Gasteiger partial charge in [-0.05, 0) is 37.0 Å². The number of hydrogen-bond acceptors (Lipinski definition) is 4. The lowest BCUT2D eigenvalue weighted by Gasteiger charge is -2.16. The van der Waals surface area contributed by atoms with Gasteiger partial charge in [0.05, 0.1) is 0 Å². The first-order valence-corrected chi connectivity index (χ1v) is 6.48. The molecule has 1 aromatic carbocycles. The number of nitrogens with one attached hydrogen (secondary N) is 1. The Balaban J connectivity index is 1.76. The van der Waals surface area contributed by atoms with Gasteiger partial charge in [-0.3, -0.25) is 4.79 Å². The fourth-order valence-electron chi connectivity index (χ4n) is 2.59.